The predicted molar refractivity (Wildman–Crippen MR) is 60.3 cm³/mol. The van der Waals surface area contributed by atoms with Crippen LogP contribution in [0.15, 0.2) is 18.2 Å². The van der Waals surface area contributed by atoms with Crippen LogP contribution < -0.4 is 10.2 Å². The highest BCUT2D eigenvalue weighted by Crippen LogP contribution is 2.13. The van der Waals surface area contributed by atoms with E-state index in [0.29, 0.717) is 6.42 Å². The Hall–Kier alpha value is -2.37. The molecule has 0 amide bonds. The Kier molecular flexibility index (Phi) is 5.05. The molecule has 0 heterocycles. The summed E-state index contributed by atoms with van der Waals surface area (Å²) in [5.41, 5.74) is -1.10. The van der Waals surface area contributed by atoms with E-state index < -0.39 is 23.5 Å². The van der Waals surface area contributed by atoms with Crippen LogP contribution in [0.4, 0.5) is 0 Å². The maximum absolute atomic E-state index is 11.6. The lowest BCUT2D eigenvalue weighted by Crippen LogP contribution is -2.28. The number of aromatic carboxylic acids is 2. The lowest BCUT2D eigenvalue weighted by atomic mass is 10.0. The topological polar surface area (TPSA) is 107 Å². The van der Waals surface area contributed by atoms with Crippen LogP contribution in [0, 0.1) is 0 Å². The lowest BCUT2D eigenvalue weighted by Gasteiger charge is -2.12. The summed E-state index contributed by atoms with van der Waals surface area (Å²) in [6.45, 7) is 2.08. The van der Waals surface area contributed by atoms with E-state index in [1.54, 1.807) is 0 Å². The molecule has 0 aliphatic heterocycles. The molecule has 0 unspecified atom stereocenters. The average Bonchev–Trinajstić information content (AvgIpc) is 2.38. The fourth-order valence-corrected chi connectivity index (χ4v) is 1.41. The fraction of sp³-hybridized carbons (Fsp3) is 0.308. The molecule has 0 N–H and O–H groups in total. The quantitative estimate of drug-likeness (QED) is 0.500. The first kappa shape index (κ1) is 14.7. The molecule has 0 saturated carbocycles. The summed E-state index contributed by atoms with van der Waals surface area (Å²) in [7, 11) is 0. The zero-order valence-electron chi connectivity index (χ0n) is 10.3. The number of ether oxygens (including phenoxy) is 1. The van der Waals surface area contributed by atoms with Crippen LogP contribution in [0.5, 0.6) is 0 Å². The maximum atomic E-state index is 11.6. The summed E-state index contributed by atoms with van der Waals surface area (Å²) in [4.78, 5) is 33.2. The Labute approximate surface area is 109 Å². The van der Waals surface area contributed by atoms with Gasteiger partial charge >= 0.3 is 5.97 Å². The number of unbranched alkanes of at least 4 members (excludes halogenated alkanes) is 1. The first-order valence-electron chi connectivity index (χ1n) is 5.71. The van der Waals surface area contributed by atoms with E-state index in [2.05, 4.69) is 0 Å². The normalized spacial score (nSPS) is 9.95. The molecular weight excluding hydrogens is 252 g/mol. The highest BCUT2D eigenvalue weighted by molar-refractivity contribution is 6.03. The van der Waals surface area contributed by atoms with Gasteiger partial charge in [0.2, 0.25) is 0 Å². The van der Waals surface area contributed by atoms with Crippen molar-refractivity contribution in [1.29, 1.82) is 0 Å². The molecule has 0 atom stereocenters. The van der Waals surface area contributed by atoms with Crippen molar-refractivity contribution in [2.75, 3.05) is 6.61 Å². The Morgan fingerprint density at radius 3 is 2.32 bits per heavy atom. The van der Waals surface area contributed by atoms with Crippen molar-refractivity contribution in [3.05, 3.63) is 34.9 Å². The minimum Gasteiger partial charge on any atom is -0.545 e. The van der Waals surface area contributed by atoms with E-state index >= 15 is 0 Å². The molecule has 1 aromatic carbocycles. The van der Waals surface area contributed by atoms with E-state index in [1.165, 1.54) is 0 Å². The molecule has 1 rings (SSSR count). The maximum Gasteiger partial charge on any atom is 0.338 e. The molecule has 1 aromatic rings. The van der Waals surface area contributed by atoms with Gasteiger partial charge < -0.3 is 24.5 Å². The van der Waals surface area contributed by atoms with Gasteiger partial charge in [0, 0.05) is 5.56 Å². The van der Waals surface area contributed by atoms with Crippen LogP contribution in [0.3, 0.4) is 0 Å². The monoisotopic (exact) mass is 264 g/mol. The third-order valence-electron chi connectivity index (χ3n) is 2.43. The largest absolute Gasteiger partial charge is 0.545 e. The van der Waals surface area contributed by atoms with Gasteiger partial charge in [-0.1, -0.05) is 19.4 Å². The summed E-state index contributed by atoms with van der Waals surface area (Å²) >= 11 is 0. The van der Waals surface area contributed by atoms with Crippen LogP contribution >= 0.6 is 0 Å². The minimum atomic E-state index is -1.65. The van der Waals surface area contributed by atoms with Crippen molar-refractivity contribution < 1.29 is 29.3 Å². The molecule has 19 heavy (non-hydrogen) atoms. The van der Waals surface area contributed by atoms with Crippen LogP contribution in [0.1, 0.15) is 50.8 Å². The molecule has 0 bridgehead atoms. The van der Waals surface area contributed by atoms with Gasteiger partial charge in [-0.05, 0) is 24.1 Å². The van der Waals surface area contributed by atoms with Crippen LogP contribution in [0.25, 0.3) is 0 Å². The molecular formula is C13H12O6-2. The van der Waals surface area contributed by atoms with E-state index in [4.69, 9.17) is 4.74 Å². The zero-order chi connectivity index (χ0) is 14.4. The van der Waals surface area contributed by atoms with Crippen molar-refractivity contribution in [3.8, 4) is 0 Å². The number of esters is 1. The van der Waals surface area contributed by atoms with Gasteiger partial charge in [-0.2, -0.15) is 0 Å². The van der Waals surface area contributed by atoms with Gasteiger partial charge in [0.1, 0.15) is 0 Å². The number of benzene rings is 1. The third-order valence-corrected chi connectivity index (χ3v) is 2.43. The summed E-state index contributed by atoms with van der Waals surface area (Å²) < 4.78 is 4.87. The fourth-order valence-electron chi connectivity index (χ4n) is 1.41. The van der Waals surface area contributed by atoms with E-state index in [0.717, 1.165) is 24.6 Å². The highest BCUT2D eigenvalue weighted by atomic mass is 16.5. The molecule has 0 radical (unpaired) electrons. The predicted octanol–water partition coefficient (Wildman–Crippen LogP) is -0.630. The molecule has 6 heteroatoms. The van der Waals surface area contributed by atoms with Crippen molar-refractivity contribution >= 4 is 17.9 Å². The van der Waals surface area contributed by atoms with Crippen molar-refractivity contribution in [2.45, 2.75) is 19.8 Å². The highest BCUT2D eigenvalue weighted by Gasteiger charge is 2.14. The standard InChI is InChI=1S/C13H14O6/c1-2-3-6-19-13(18)9-5-4-8(11(14)15)7-10(9)12(16)17/h4-5,7H,2-3,6H2,1H3,(H,14,15)(H,16,17)/p-2. The molecule has 0 aliphatic carbocycles. The second kappa shape index (κ2) is 6.53. The number of carboxylic acid groups (broad SMARTS) is 2. The van der Waals surface area contributed by atoms with Crippen molar-refractivity contribution in [1.82, 2.24) is 0 Å². The van der Waals surface area contributed by atoms with Gasteiger partial charge in [0.15, 0.2) is 0 Å². The SMILES string of the molecule is CCCCOC(=O)c1ccc(C(=O)[O-])cc1C(=O)[O-]. The Bertz CT molecular complexity index is 506. The van der Waals surface area contributed by atoms with E-state index in [-0.39, 0.29) is 17.7 Å². The summed E-state index contributed by atoms with van der Waals surface area (Å²) in [6.07, 6.45) is 1.48. The molecule has 0 fully saturated rings. The van der Waals surface area contributed by atoms with Gasteiger partial charge in [0.05, 0.1) is 24.1 Å². The molecule has 0 aliphatic rings. The molecule has 0 aromatic heterocycles. The van der Waals surface area contributed by atoms with E-state index in [1.807, 2.05) is 6.92 Å². The number of rotatable bonds is 6. The summed E-state index contributed by atoms with van der Waals surface area (Å²) in [5.74, 6) is -4.00. The van der Waals surface area contributed by atoms with Crippen LogP contribution in [-0.2, 0) is 4.74 Å². The van der Waals surface area contributed by atoms with Gasteiger partial charge in [-0.25, -0.2) is 4.79 Å². The Morgan fingerprint density at radius 1 is 1.11 bits per heavy atom. The summed E-state index contributed by atoms with van der Waals surface area (Å²) in [6, 6.07) is 2.98. The van der Waals surface area contributed by atoms with Gasteiger partial charge in [-0.15, -0.1) is 0 Å². The third kappa shape index (κ3) is 3.80. The second-order valence-electron chi connectivity index (χ2n) is 3.82. The van der Waals surface area contributed by atoms with E-state index in [9.17, 15) is 24.6 Å². The molecule has 102 valence electrons. The van der Waals surface area contributed by atoms with Crippen molar-refractivity contribution in [3.63, 3.8) is 0 Å². The zero-order valence-corrected chi connectivity index (χ0v) is 10.3. The average molecular weight is 264 g/mol. The first-order valence-corrected chi connectivity index (χ1v) is 5.71. The Morgan fingerprint density at radius 2 is 1.79 bits per heavy atom. The number of hydrogen-bond acceptors (Lipinski definition) is 6. The smallest absolute Gasteiger partial charge is 0.338 e. The van der Waals surface area contributed by atoms with Gasteiger partial charge in [0.25, 0.3) is 0 Å². The number of carbonyl (C=O) groups excluding carboxylic acids is 3. The number of carbonyl (C=O) groups is 3. The first-order chi connectivity index (χ1) is 8.97. The second-order valence-corrected chi connectivity index (χ2v) is 3.82. The van der Waals surface area contributed by atoms with Crippen LogP contribution in [-0.4, -0.2) is 24.5 Å². The molecule has 0 saturated heterocycles. The minimum absolute atomic E-state index is 0.171. The molecule has 0 spiro atoms. The van der Waals surface area contributed by atoms with Crippen LogP contribution in [0.2, 0.25) is 0 Å². The number of carboxylic acids is 2. The van der Waals surface area contributed by atoms with Gasteiger partial charge in [-0.3, -0.25) is 0 Å². The number of hydrogen-bond donors (Lipinski definition) is 0. The molecule has 6 nitrogen and oxygen atoms in total. The lowest BCUT2D eigenvalue weighted by molar-refractivity contribution is -0.255. The Balaban J connectivity index is 3.03. The summed E-state index contributed by atoms with van der Waals surface area (Å²) in [5, 5.41) is 21.5. The van der Waals surface area contributed by atoms with Crippen molar-refractivity contribution in [2.24, 2.45) is 0 Å².